The van der Waals surface area contributed by atoms with Crippen LogP contribution in [0.15, 0.2) is 30.3 Å². The van der Waals surface area contributed by atoms with Gasteiger partial charge >= 0.3 is 6.18 Å². The lowest BCUT2D eigenvalue weighted by Gasteiger charge is -2.48. The van der Waals surface area contributed by atoms with E-state index in [1.165, 1.54) is 12.1 Å². The van der Waals surface area contributed by atoms with Crippen molar-refractivity contribution in [1.82, 2.24) is 0 Å². The Morgan fingerprint density at radius 2 is 1.78 bits per heavy atom. The van der Waals surface area contributed by atoms with E-state index in [1.54, 1.807) is 4.90 Å². The van der Waals surface area contributed by atoms with Crippen molar-refractivity contribution in [1.29, 1.82) is 0 Å². The lowest BCUT2D eigenvalue weighted by atomic mass is 9.54. The summed E-state index contributed by atoms with van der Waals surface area (Å²) in [5.41, 5.74) is 4.18. The number of anilines is 2. The molecule has 4 rings (SSSR count). The summed E-state index contributed by atoms with van der Waals surface area (Å²) in [4.78, 5) is 14.3. The summed E-state index contributed by atoms with van der Waals surface area (Å²) in [5, 5.41) is 1.68. The molecule has 1 aliphatic carbocycles. The summed E-state index contributed by atoms with van der Waals surface area (Å²) >= 11 is 0. The lowest BCUT2D eigenvalue weighted by Crippen LogP contribution is -2.52. The number of halogens is 3. The molecule has 0 unspecified atom stereocenters. The van der Waals surface area contributed by atoms with Crippen molar-refractivity contribution in [2.75, 3.05) is 16.8 Å². The van der Waals surface area contributed by atoms with Crippen molar-refractivity contribution >= 4 is 33.0 Å². The molecule has 1 fully saturated rings. The highest BCUT2D eigenvalue weighted by molar-refractivity contribution is 6.41. The van der Waals surface area contributed by atoms with Crippen LogP contribution in [-0.4, -0.2) is 28.1 Å². The molecule has 3 nitrogen and oxygen atoms in total. The fourth-order valence-electron chi connectivity index (χ4n) is 4.58. The lowest BCUT2D eigenvalue weighted by molar-refractivity contribution is -0.137. The van der Waals surface area contributed by atoms with Gasteiger partial charge in [0.1, 0.15) is 0 Å². The second kappa shape index (κ2) is 7.60. The average Bonchev–Trinajstić information content (AvgIpc) is 3.41. The van der Waals surface area contributed by atoms with Crippen LogP contribution in [-0.2, 0) is 22.7 Å². The number of aryl methyl sites for hydroxylation is 1. The Kier molecular flexibility index (Phi) is 5.42. The number of amides is 1. The predicted octanol–water partition coefficient (Wildman–Crippen LogP) is 4.96. The number of hydrogen-bond donors (Lipinski definition) is 1. The van der Waals surface area contributed by atoms with E-state index in [0.717, 1.165) is 47.4 Å². The zero-order chi connectivity index (χ0) is 23.5. The molecule has 0 atom stereocenters. The Hall–Kier alpha value is -2.37. The van der Waals surface area contributed by atoms with Gasteiger partial charge in [0.05, 0.1) is 21.3 Å². The standard InChI is InChI=1S/C24H25B2F3N2O/c1-14-12-19-18(15(2)21(14)30-20(32)13-22(3)9-10-22)8-11-31(23(19,25)26)17-6-4-16(5-7-17)24(27,28)29/h4-7,12H,8-11,13H2,1-3H3,(H,30,32). The number of nitrogens with zero attached hydrogens (tertiary/aromatic N) is 1. The van der Waals surface area contributed by atoms with Crippen molar-refractivity contribution < 1.29 is 18.0 Å². The Balaban J connectivity index is 1.63. The van der Waals surface area contributed by atoms with Gasteiger partial charge in [0.25, 0.3) is 0 Å². The second-order valence-corrected chi connectivity index (χ2v) is 9.53. The molecule has 0 bridgehead atoms. The molecule has 0 saturated heterocycles. The molecule has 1 saturated carbocycles. The van der Waals surface area contributed by atoms with Crippen LogP contribution < -0.4 is 10.2 Å². The van der Waals surface area contributed by atoms with Gasteiger partial charge in [-0.05, 0) is 90.4 Å². The zero-order valence-electron chi connectivity index (χ0n) is 18.6. The summed E-state index contributed by atoms with van der Waals surface area (Å²) < 4.78 is 38.8. The first kappa shape index (κ1) is 22.8. The predicted molar refractivity (Wildman–Crippen MR) is 122 cm³/mol. The number of carbonyl (C=O) groups is 1. The quantitative estimate of drug-likeness (QED) is 0.688. The maximum Gasteiger partial charge on any atom is 0.416 e. The maximum absolute atomic E-state index is 12.9. The van der Waals surface area contributed by atoms with Crippen LogP contribution >= 0.6 is 0 Å². The van der Waals surface area contributed by atoms with Crippen molar-refractivity contribution in [3.63, 3.8) is 0 Å². The fourth-order valence-corrected chi connectivity index (χ4v) is 4.58. The van der Waals surface area contributed by atoms with Gasteiger partial charge in [-0.3, -0.25) is 4.79 Å². The van der Waals surface area contributed by atoms with Crippen LogP contribution in [0.3, 0.4) is 0 Å². The third-order valence-electron chi connectivity index (χ3n) is 6.83. The highest BCUT2D eigenvalue weighted by Crippen LogP contribution is 2.48. The van der Waals surface area contributed by atoms with Gasteiger partial charge in [-0.1, -0.05) is 13.0 Å². The highest BCUT2D eigenvalue weighted by Gasteiger charge is 2.40. The van der Waals surface area contributed by atoms with E-state index in [2.05, 4.69) is 12.2 Å². The number of hydrogen-bond acceptors (Lipinski definition) is 2. The summed E-state index contributed by atoms with van der Waals surface area (Å²) in [6.07, 6.45) is -1.14. The molecule has 4 radical (unpaired) electrons. The second-order valence-electron chi connectivity index (χ2n) is 9.53. The molecule has 164 valence electrons. The first-order valence-electron chi connectivity index (χ1n) is 10.8. The van der Waals surface area contributed by atoms with Gasteiger partial charge in [-0.15, -0.1) is 0 Å². The Labute approximate surface area is 189 Å². The van der Waals surface area contributed by atoms with Crippen molar-refractivity contribution in [3.8, 4) is 0 Å². The molecule has 1 aliphatic heterocycles. The zero-order valence-corrected chi connectivity index (χ0v) is 18.6. The van der Waals surface area contributed by atoms with Crippen LogP contribution in [0.4, 0.5) is 24.5 Å². The summed E-state index contributed by atoms with van der Waals surface area (Å²) in [5.74, 6) is 0.00472. The van der Waals surface area contributed by atoms with Crippen molar-refractivity contribution in [3.05, 3.63) is 58.1 Å². The van der Waals surface area contributed by atoms with Gasteiger partial charge in [0.2, 0.25) is 5.91 Å². The van der Waals surface area contributed by atoms with E-state index >= 15 is 0 Å². The third kappa shape index (κ3) is 4.16. The molecular weight excluding hydrogens is 411 g/mol. The average molecular weight is 436 g/mol. The molecule has 0 aromatic heterocycles. The Morgan fingerprint density at radius 3 is 2.34 bits per heavy atom. The van der Waals surface area contributed by atoms with Crippen LogP contribution in [0.2, 0.25) is 0 Å². The van der Waals surface area contributed by atoms with E-state index in [4.69, 9.17) is 15.7 Å². The molecule has 2 aromatic rings. The van der Waals surface area contributed by atoms with Crippen molar-refractivity contribution in [2.24, 2.45) is 5.41 Å². The van der Waals surface area contributed by atoms with E-state index in [0.29, 0.717) is 30.6 Å². The molecular formula is C24H25B2F3N2O. The van der Waals surface area contributed by atoms with Gasteiger partial charge in [0, 0.05) is 24.3 Å². The summed E-state index contributed by atoms with van der Waals surface area (Å²) in [6.45, 7) is 6.41. The molecule has 0 spiro atoms. The van der Waals surface area contributed by atoms with Gasteiger partial charge < -0.3 is 10.2 Å². The number of benzene rings is 2. The largest absolute Gasteiger partial charge is 0.416 e. The van der Waals surface area contributed by atoms with Gasteiger partial charge in [-0.2, -0.15) is 13.2 Å². The fraction of sp³-hybridized carbons (Fsp3) is 0.458. The third-order valence-corrected chi connectivity index (χ3v) is 6.83. The first-order valence-corrected chi connectivity index (χ1v) is 10.8. The first-order chi connectivity index (χ1) is 14.8. The topological polar surface area (TPSA) is 32.3 Å². The number of carbonyl (C=O) groups excluding carboxylic acids is 1. The van der Waals surface area contributed by atoms with E-state index < -0.39 is 17.1 Å². The SMILES string of the molecule is [B]C1([B])c2cc(C)c(NC(=O)CC3(C)CC3)c(C)c2CCN1c1ccc(C(F)(F)F)cc1. The number of nitrogens with one attached hydrogen (secondary N) is 1. The smallest absolute Gasteiger partial charge is 0.379 e. The normalized spacial score (nSPS) is 18.8. The molecule has 2 aliphatic rings. The molecule has 32 heavy (non-hydrogen) atoms. The van der Waals surface area contributed by atoms with Gasteiger partial charge in [-0.25, -0.2) is 0 Å². The number of rotatable bonds is 4. The Morgan fingerprint density at radius 1 is 1.16 bits per heavy atom. The Bertz CT molecular complexity index is 1060. The van der Waals surface area contributed by atoms with Crippen LogP contribution in [0.1, 0.15) is 54.0 Å². The maximum atomic E-state index is 12.9. The van der Waals surface area contributed by atoms with E-state index in [1.807, 2.05) is 19.9 Å². The monoisotopic (exact) mass is 436 g/mol. The van der Waals surface area contributed by atoms with E-state index in [-0.39, 0.29) is 11.3 Å². The molecule has 8 heteroatoms. The van der Waals surface area contributed by atoms with Gasteiger partial charge in [0.15, 0.2) is 0 Å². The molecule has 2 aromatic carbocycles. The minimum atomic E-state index is -4.40. The minimum absolute atomic E-state index is 0.00472. The molecule has 1 amide bonds. The minimum Gasteiger partial charge on any atom is -0.379 e. The van der Waals surface area contributed by atoms with Crippen LogP contribution in [0.5, 0.6) is 0 Å². The number of alkyl halides is 3. The van der Waals surface area contributed by atoms with Crippen LogP contribution in [0, 0.1) is 19.3 Å². The summed E-state index contributed by atoms with van der Waals surface area (Å²) in [7, 11) is 13.1. The molecule has 1 heterocycles. The van der Waals surface area contributed by atoms with Crippen LogP contribution in [0.25, 0.3) is 0 Å². The molecule has 1 N–H and O–H groups in total. The highest BCUT2D eigenvalue weighted by atomic mass is 19.4. The summed E-state index contributed by atoms with van der Waals surface area (Å²) in [6, 6.07) is 6.75. The number of fused-ring (bicyclic) bond motifs is 1. The van der Waals surface area contributed by atoms with Crippen molar-refractivity contribution in [2.45, 2.75) is 58.0 Å². The van der Waals surface area contributed by atoms with E-state index in [9.17, 15) is 18.0 Å².